The number of hydrogen-bond donors (Lipinski definition) is 1. The molecule has 2 unspecified atom stereocenters. The van der Waals surface area contributed by atoms with E-state index in [1.54, 1.807) is 12.1 Å². The second-order valence-corrected chi connectivity index (χ2v) is 5.82. The fourth-order valence-corrected chi connectivity index (χ4v) is 2.62. The van der Waals surface area contributed by atoms with Gasteiger partial charge in [0.1, 0.15) is 0 Å². The van der Waals surface area contributed by atoms with Gasteiger partial charge in [0.25, 0.3) is 0 Å². The van der Waals surface area contributed by atoms with Gasteiger partial charge in [-0.15, -0.1) is 0 Å². The first-order valence-corrected chi connectivity index (χ1v) is 7.22. The predicted octanol–water partition coefficient (Wildman–Crippen LogP) is 2.97. The lowest BCUT2D eigenvalue weighted by Gasteiger charge is -2.07. The van der Waals surface area contributed by atoms with Crippen LogP contribution in [0.25, 0.3) is 0 Å². The molecular formula is C12H18ClNOS. The number of benzene rings is 1. The van der Waals surface area contributed by atoms with Crippen LogP contribution in [-0.2, 0) is 10.8 Å². The van der Waals surface area contributed by atoms with Crippen LogP contribution < -0.4 is 5.73 Å². The maximum absolute atomic E-state index is 11.9. The van der Waals surface area contributed by atoms with E-state index in [9.17, 15) is 4.21 Å². The molecule has 0 aliphatic rings. The highest BCUT2D eigenvalue weighted by Crippen LogP contribution is 2.14. The molecule has 2 N–H and O–H groups in total. The van der Waals surface area contributed by atoms with Crippen molar-refractivity contribution in [2.45, 2.75) is 37.1 Å². The maximum atomic E-state index is 11.9. The van der Waals surface area contributed by atoms with Crippen molar-refractivity contribution >= 4 is 22.4 Å². The van der Waals surface area contributed by atoms with E-state index in [0.29, 0.717) is 10.8 Å². The van der Waals surface area contributed by atoms with Crippen molar-refractivity contribution in [1.82, 2.24) is 0 Å². The summed E-state index contributed by atoms with van der Waals surface area (Å²) in [5.41, 5.74) is 5.80. The van der Waals surface area contributed by atoms with Gasteiger partial charge in [0.15, 0.2) is 0 Å². The smallest absolute Gasteiger partial charge is 0.0529 e. The Hall–Kier alpha value is -0.380. The molecule has 0 bridgehead atoms. The van der Waals surface area contributed by atoms with Gasteiger partial charge < -0.3 is 5.73 Å². The Labute approximate surface area is 105 Å². The topological polar surface area (TPSA) is 43.1 Å². The van der Waals surface area contributed by atoms with Crippen LogP contribution in [0.3, 0.4) is 0 Å². The van der Waals surface area contributed by atoms with Crippen LogP contribution in [0.5, 0.6) is 0 Å². The first-order valence-electron chi connectivity index (χ1n) is 5.53. The number of nitrogens with two attached hydrogens (primary N) is 1. The first kappa shape index (κ1) is 13.7. The minimum atomic E-state index is -0.924. The van der Waals surface area contributed by atoms with E-state index in [1.807, 2.05) is 12.1 Å². The average molecular weight is 260 g/mol. The molecule has 1 aromatic carbocycles. The second kappa shape index (κ2) is 7.05. The molecule has 0 aliphatic carbocycles. The van der Waals surface area contributed by atoms with Gasteiger partial charge >= 0.3 is 0 Å². The summed E-state index contributed by atoms with van der Waals surface area (Å²) in [5.74, 6) is 0.676. The highest BCUT2D eigenvalue weighted by Gasteiger charge is 2.05. The zero-order chi connectivity index (χ0) is 12.0. The van der Waals surface area contributed by atoms with Gasteiger partial charge in [0, 0.05) is 21.7 Å². The summed E-state index contributed by atoms with van der Waals surface area (Å²) in [6.45, 7) is 2.07. The molecule has 2 nitrogen and oxygen atoms in total. The molecule has 4 heteroatoms. The van der Waals surface area contributed by atoms with Gasteiger partial charge in [-0.25, -0.2) is 0 Å². The molecule has 0 radical (unpaired) electrons. The van der Waals surface area contributed by atoms with E-state index < -0.39 is 10.8 Å². The lowest BCUT2D eigenvalue weighted by atomic mass is 10.1. The molecule has 0 saturated heterocycles. The SMILES string of the molecule is CCC(N)CCCS(=O)c1ccc(Cl)cc1. The third-order valence-corrected chi connectivity index (χ3v) is 4.21. The summed E-state index contributed by atoms with van der Waals surface area (Å²) in [5, 5.41) is 0.675. The Balaban J connectivity index is 2.38. The second-order valence-electron chi connectivity index (χ2n) is 3.81. The minimum Gasteiger partial charge on any atom is -0.328 e. The summed E-state index contributed by atoms with van der Waals surface area (Å²) in [6.07, 6.45) is 2.83. The van der Waals surface area contributed by atoms with Gasteiger partial charge in [-0.1, -0.05) is 18.5 Å². The third-order valence-electron chi connectivity index (χ3n) is 2.51. The molecule has 0 amide bonds. The summed E-state index contributed by atoms with van der Waals surface area (Å²) in [4.78, 5) is 0.842. The monoisotopic (exact) mass is 259 g/mol. The van der Waals surface area contributed by atoms with Gasteiger partial charge in [-0.2, -0.15) is 0 Å². The summed E-state index contributed by atoms with van der Waals surface area (Å²) < 4.78 is 11.9. The van der Waals surface area contributed by atoms with Crippen molar-refractivity contribution < 1.29 is 4.21 Å². The van der Waals surface area contributed by atoms with Crippen molar-refractivity contribution in [2.75, 3.05) is 5.75 Å². The van der Waals surface area contributed by atoms with Crippen LogP contribution in [0, 0.1) is 0 Å². The number of halogens is 1. The van der Waals surface area contributed by atoms with Crippen LogP contribution in [0.4, 0.5) is 0 Å². The van der Waals surface area contributed by atoms with Gasteiger partial charge in [0.05, 0.1) is 10.8 Å². The van der Waals surface area contributed by atoms with Crippen LogP contribution in [-0.4, -0.2) is 16.0 Å². The van der Waals surface area contributed by atoms with E-state index in [0.717, 1.165) is 24.2 Å². The summed E-state index contributed by atoms with van der Waals surface area (Å²) in [6, 6.07) is 7.41. The predicted molar refractivity (Wildman–Crippen MR) is 70.2 cm³/mol. The molecule has 1 aromatic rings. The molecule has 1 rings (SSSR count). The van der Waals surface area contributed by atoms with Crippen LogP contribution in [0.1, 0.15) is 26.2 Å². The van der Waals surface area contributed by atoms with Crippen molar-refractivity contribution in [3.8, 4) is 0 Å². The molecule has 0 fully saturated rings. The molecule has 90 valence electrons. The number of hydrogen-bond acceptors (Lipinski definition) is 2. The Kier molecular flexibility index (Phi) is 6.03. The lowest BCUT2D eigenvalue weighted by Crippen LogP contribution is -2.19. The highest BCUT2D eigenvalue weighted by molar-refractivity contribution is 7.85. The molecule has 0 aliphatic heterocycles. The fourth-order valence-electron chi connectivity index (χ4n) is 1.38. The van der Waals surface area contributed by atoms with E-state index in [4.69, 9.17) is 17.3 Å². The fraction of sp³-hybridized carbons (Fsp3) is 0.500. The Morgan fingerprint density at radius 2 is 2.00 bits per heavy atom. The largest absolute Gasteiger partial charge is 0.328 e. The molecular weight excluding hydrogens is 242 g/mol. The zero-order valence-electron chi connectivity index (χ0n) is 9.49. The van der Waals surface area contributed by atoms with E-state index in [-0.39, 0.29) is 6.04 Å². The van der Waals surface area contributed by atoms with Gasteiger partial charge in [-0.3, -0.25) is 4.21 Å². The first-order chi connectivity index (χ1) is 7.63. The normalized spacial score (nSPS) is 14.7. The minimum absolute atomic E-state index is 0.238. The maximum Gasteiger partial charge on any atom is 0.0529 e. The third kappa shape index (κ3) is 4.64. The molecule has 0 heterocycles. The van der Waals surface area contributed by atoms with Crippen LogP contribution in [0.2, 0.25) is 5.02 Å². The van der Waals surface area contributed by atoms with Crippen LogP contribution >= 0.6 is 11.6 Å². The van der Waals surface area contributed by atoms with Crippen molar-refractivity contribution in [3.05, 3.63) is 29.3 Å². The van der Waals surface area contributed by atoms with Crippen molar-refractivity contribution in [3.63, 3.8) is 0 Å². The standard InChI is InChI=1S/C12H18ClNOS/c1-2-11(14)4-3-9-16(15)12-7-5-10(13)6-8-12/h5-8,11H,2-4,9,14H2,1H3. The highest BCUT2D eigenvalue weighted by atomic mass is 35.5. The van der Waals surface area contributed by atoms with Crippen molar-refractivity contribution in [1.29, 1.82) is 0 Å². The zero-order valence-corrected chi connectivity index (χ0v) is 11.1. The summed E-state index contributed by atoms with van der Waals surface area (Å²) in [7, 11) is -0.924. The quantitative estimate of drug-likeness (QED) is 0.854. The van der Waals surface area contributed by atoms with E-state index >= 15 is 0 Å². The van der Waals surface area contributed by atoms with E-state index in [1.165, 1.54) is 0 Å². The van der Waals surface area contributed by atoms with Crippen molar-refractivity contribution in [2.24, 2.45) is 5.73 Å². The van der Waals surface area contributed by atoms with Crippen LogP contribution in [0.15, 0.2) is 29.2 Å². The molecule has 16 heavy (non-hydrogen) atoms. The Bertz CT molecular complexity index is 339. The summed E-state index contributed by atoms with van der Waals surface area (Å²) >= 11 is 5.77. The Morgan fingerprint density at radius 3 is 2.56 bits per heavy atom. The molecule has 2 atom stereocenters. The van der Waals surface area contributed by atoms with Gasteiger partial charge in [0.2, 0.25) is 0 Å². The Morgan fingerprint density at radius 1 is 1.38 bits per heavy atom. The molecule has 0 spiro atoms. The van der Waals surface area contributed by atoms with E-state index in [2.05, 4.69) is 6.92 Å². The number of rotatable bonds is 6. The molecule has 0 aromatic heterocycles. The van der Waals surface area contributed by atoms with Gasteiger partial charge in [-0.05, 0) is 43.5 Å². The average Bonchev–Trinajstić information content (AvgIpc) is 2.29. The molecule has 0 saturated carbocycles. The lowest BCUT2D eigenvalue weighted by molar-refractivity contribution is 0.586.